The molecule has 0 heterocycles. The van der Waals surface area contributed by atoms with E-state index in [-0.39, 0.29) is 29.1 Å². The maximum atomic E-state index is 14.1. The number of hydrogen-bond acceptors (Lipinski definition) is 5. The van der Waals surface area contributed by atoms with Gasteiger partial charge in [-0.05, 0) is 61.7 Å². The van der Waals surface area contributed by atoms with Crippen molar-refractivity contribution in [2.75, 3.05) is 18.0 Å². The largest absolute Gasteiger partial charge is 0.495 e. The number of methoxy groups -OCH3 is 1. The van der Waals surface area contributed by atoms with E-state index in [1.807, 2.05) is 0 Å². The van der Waals surface area contributed by atoms with E-state index < -0.39 is 28.5 Å². The van der Waals surface area contributed by atoms with Crippen LogP contribution in [0.2, 0.25) is 5.02 Å². The molecule has 1 fully saturated rings. The summed E-state index contributed by atoms with van der Waals surface area (Å²) in [5.74, 6) is -0.502. The number of anilines is 1. The number of nitrogens with one attached hydrogen (secondary N) is 1. The predicted molar refractivity (Wildman–Crippen MR) is 160 cm³/mol. The van der Waals surface area contributed by atoms with E-state index in [0.717, 1.165) is 42.0 Å². The van der Waals surface area contributed by atoms with E-state index in [4.69, 9.17) is 16.3 Å². The maximum Gasteiger partial charge on any atom is 0.264 e. The van der Waals surface area contributed by atoms with Crippen molar-refractivity contribution in [1.29, 1.82) is 0 Å². The van der Waals surface area contributed by atoms with Crippen LogP contribution in [0, 0.1) is 0 Å². The van der Waals surface area contributed by atoms with Gasteiger partial charge in [0.05, 0.1) is 17.7 Å². The van der Waals surface area contributed by atoms with E-state index in [9.17, 15) is 18.0 Å². The summed E-state index contributed by atoms with van der Waals surface area (Å²) >= 11 is 6.08. The third-order valence-corrected chi connectivity index (χ3v) is 9.37. The van der Waals surface area contributed by atoms with Gasteiger partial charge in [0.15, 0.2) is 0 Å². The van der Waals surface area contributed by atoms with Crippen LogP contribution in [0.4, 0.5) is 5.69 Å². The summed E-state index contributed by atoms with van der Waals surface area (Å²) in [4.78, 5) is 28.9. The minimum Gasteiger partial charge on any atom is -0.495 e. The Balaban J connectivity index is 1.69. The number of nitrogens with zero attached hydrogens (tertiary/aromatic N) is 2. The molecule has 8 nitrogen and oxygen atoms in total. The fourth-order valence-corrected chi connectivity index (χ4v) is 6.58. The van der Waals surface area contributed by atoms with Crippen LogP contribution in [-0.2, 0) is 26.2 Å². The Hall–Kier alpha value is -3.56. The van der Waals surface area contributed by atoms with E-state index in [2.05, 4.69) is 5.32 Å². The van der Waals surface area contributed by atoms with Crippen molar-refractivity contribution < 1.29 is 22.7 Å². The van der Waals surface area contributed by atoms with Crippen molar-refractivity contribution in [3.8, 4) is 5.75 Å². The fourth-order valence-electron chi connectivity index (χ4n) is 5.01. The first kappa shape index (κ1) is 30.4. The zero-order chi connectivity index (χ0) is 29.4. The normalized spacial score (nSPS) is 14.6. The molecule has 1 atom stereocenters. The zero-order valence-corrected chi connectivity index (χ0v) is 24.9. The third kappa shape index (κ3) is 7.59. The van der Waals surface area contributed by atoms with Crippen LogP contribution in [-0.4, -0.2) is 50.9 Å². The maximum absolute atomic E-state index is 14.1. The molecule has 218 valence electrons. The second-order valence-electron chi connectivity index (χ2n) is 10.2. The molecule has 0 spiro atoms. The number of carbonyl (C=O) groups is 2. The average molecular weight is 598 g/mol. The zero-order valence-electron chi connectivity index (χ0n) is 23.3. The van der Waals surface area contributed by atoms with Gasteiger partial charge in [-0.2, -0.15) is 0 Å². The van der Waals surface area contributed by atoms with E-state index in [1.165, 1.54) is 24.1 Å². The SMILES string of the molecule is COc1ccccc1N(CC(=O)N(Cc1ccc(Cl)cc1)[C@H](C)C(=O)NC1CCCCC1)S(=O)(=O)c1ccccc1. The Labute approximate surface area is 247 Å². The van der Waals surface area contributed by atoms with E-state index in [0.29, 0.717) is 10.8 Å². The summed E-state index contributed by atoms with van der Waals surface area (Å²) in [6, 6.07) is 20.8. The topological polar surface area (TPSA) is 96.0 Å². The lowest BCUT2D eigenvalue weighted by Gasteiger charge is -2.33. The van der Waals surface area contributed by atoms with Crippen molar-refractivity contribution in [2.24, 2.45) is 0 Å². The highest BCUT2D eigenvalue weighted by Gasteiger charge is 2.34. The lowest BCUT2D eigenvalue weighted by atomic mass is 9.95. The number of amides is 2. The van der Waals surface area contributed by atoms with Gasteiger partial charge in [-0.3, -0.25) is 13.9 Å². The van der Waals surface area contributed by atoms with Gasteiger partial charge in [0.25, 0.3) is 10.0 Å². The molecule has 3 aromatic carbocycles. The van der Waals surface area contributed by atoms with Crippen LogP contribution in [0.1, 0.15) is 44.6 Å². The highest BCUT2D eigenvalue weighted by molar-refractivity contribution is 7.92. The summed E-state index contributed by atoms with van der Waals surface area (Å²) in [5, 5.41) is 3.65. The number of hydrogen-bond donors (Lipinski definition) is 1. The molecule has 1 aliphatic rings. The van der Waals surface area contributed by atoms with Gasteiger partial charge in [-0.1, -0.05) is 73.3 Å². The quantitative estimate of drug-likeness (QED) is 0.319. The molecule has 0 saturated heterocycles. The molecule has 0 aromatic heterocycles. The smallest absolute Gasteiger partial charge is 0.264 e. The Morgan fingerprint density at radius 2 is 1.59 bits per heavy atom. The van der Waals surface area contributed by atoms with Crippen molar-refractivity contribution in [3.63, 3.8) is 0 Å². The van der Waals surface area contributed by atoms with Gasteiger partial charge in [0.1, 0.15) is 18.3 Å². The average Bonchev–Trinajstić information content (AvgIpc) is 3.00. The molecule has 3 aromatic rings. The van der Waals surface area contributed by atoms with Gasteiger partial charge in [0, 0.05) is 17.6 Å². The Morgan fingerprint density at radius 3 is 2.24 bits per heavy atom. The molecule has 0 aliphatic heterocycles. The van der Waals surface area contributed by atoms with Crippen molar-refractivity contribution in [3.05, 3.63) is 89.4 Å². The van der Waals surface area contributed by atoms with Crippen molar-refractivity contribution >= 4 is 39.1 Å². The minimum absolute atomic E-state index is 0.0334. The summed E-state index contributed by atoms with van der Waals surface area (Å²) in [6.07, 6.45) is 5.06. The Bertz CT molecular complexity index is 1430. The third-order valence-electron chi connectivity index (χ3n) is 7.35. The molecule has 4 rings (SSSR count). The standard InChI is InChI=1S/C31H36ClN3O5S/c1-23(31(37)33-26-11-5-3-6-12-26)34(21-24-17-19-25(32)20-18-24)30(36)22-35(28-15-9-10-16-29(28)40-2)41(38,39)27-13-7-4-8-14-27/h4,7-10,13-20,23,26H,3,5-6,11-12,21-22H2,1-2H3,(H,33,37)/t23-/m1/s1. The van der Waals surface area contributed by atoms with Gasteiger partial charge in [-0.15, -0.1) is 0 Å². The molecule has 41 heavy (non-hydrogen) atoms. The Kier molecular flexibility index (Phi) is 10.3. The van der Waals surface area contributed by atoms with Gasteiger partial charge >= 0.3 is 0 Å². The lowest BCUT2D eigenvalue weighted by Crippen LogP contribution is -2.53. The molecule has 0 unspecified atom stereocenters. The van der Waals surface area contributed by atoms with Crippen LogP contribution < -0.4 is 14.4 Å². The summed E-state index contributed by atoms with van der Waals surface area (Å²) in [5.41, 5.74) is 0.979. The van der Waals surface area contributed by atoms with Crippen molar-refractivity contribution in [2.45, 2.75) is 62.6 Å². The molecular formula is C31H36ClN3O5S. The number of halogens is 1. The number of rotatable bonds is 11. The first-order chi connectivity index (χ1) is 19.7. The fraction of sp³-hybridized carbons (Fsp3) is 0.355. The second kappa shape index (κ2) is 13.9. The number of sulfonamides is 1. The van der Waals surface area contributed by atoms with Crippen LogP contribution in [0.25, 0.3) is 0 Å². The highest BCUT2D eigenvalue weighted by atomic mass is 35.5. The van der Waals surface area contributed by atoms with E-state index >= 15 is 0 Å². The molecule has 1 saturated carbocycles. The van der Waals surface area contributed by atoms with Gasteiger partial charge in [0.2, 0.25) is 11.8 Å². The Morgan fingerprint density at radius 1 is 0.951 bits per heavy atom. The molecule has 1 aliphatic carbocycles. The van der Waals surface area contributed by atoms with E-state index in [1.54, 1.807) is 73.7 Å². The highest BCUT2D eigenvalue weighted by Crippen LogP contribution is 2.32. The molecule has 2 amide bonds. The van der Waals surface area contributed by atoms with Crippen molar-refractivity contribution in [1.82, 2.24) is 10.2 Å². The molecule has 1 N–H and O–H groups in total. The van der Waals surface area contributed by atoms with Crippen LogP contribution in [0.5, 0.6) is 5.75 Å². The number of para-hydroxylation sites is 2. The molecule has 0 bridgehead atoms. The first-order valence-corrected chi connectivity index (χ1v) is 15.6. The molecule has 0 radical (unpaired) electrons. The van der Waals surface area contributed by atoms with Crippen LogP contribution in [0.15, 0.2) is 83.8 Å². The number of ether oxygens (including phenoxy) is 1. The summed E-state index contributed by atoms with van der Waals surface area (Å²) in [7, 11) is -2.73. The molecule has 10 heteroatoms. The monoisotopic (exact) mass is 597 g/mol. The second-order valence-corrected chi connectivity index (χ2v) is 12.5. The lowest BCUT2D eigenvalue weighted by molar-refractivity contribution is -0.139. The number of carbonyl (C=O) groups excluding carboxylic acids is 2. The van der Waals surface area contributed by atoms with Crippen LogP contribution in [0.3, 0.4) is 0 Å². The molecular weight excluding hydrogens is 562 g/mol. The van der Waals surface area contributed by atoms with Crippen LogP contribution >= 0.6 is 11.6 Å². The predicted octanol–water partition coefficient (Wildman–Crippen LogP) is 5.41. The minimum atomic E-state index is -4.17. The first-order valence-electron chi connectivity index (χ1n) is 13.8. The number of benzene rings is 3. The summed E-state index contributed by atoms with van der Waals surface area (Å²) < 4.78 is 34.4. The summed E-state index contributed by atoms with van der Waals surface area (Å²) in [6.45, 7) is 1.23. The van der Waals surface area contributed by atoms with Gasteiger partial charge in [-0.25, -0.2) is 8.42 Å². The van der Waals surface area contributed by atoms with Gasteiger partial charge < -0.3 is 15.0 Å².